The Morgan fingerprint density at radius 2 is 2.26 bits per heavy atom. The molecule has 19 heavy (non-hydrogen) atoms. The Morgan fingerprint density at radius 3 is 3.00 bits per heavy atom. The molecule has 0 radical (unpaired) electrons. The fourth-order valence-electron chi connectivity index (χ4n) is 1.76. The van der Waals surface area contributed by atoms with Crippen LogP contribution in [-0.4, -0.2) is 11.5 Å². The van der Waals surface area contributed by atoms with Crippen LogP contribution in [0.25, 0.3) is 0 Å². The molecule has 0 fully saturated rings. The van der Waals surface area contributed by atoms with E-state index in [1.54, 1.807) is 23.5 Å². The van der Waals surface area contributed by atoms with Crippen LogP contribution in [0, 0.1) is 5.82 Å². The summed E-state index contributed by atoms with van der Waals surface area (Å²) in [5.41, 5.74) is 1.52. The minimum absolute atomic E-state index is 0.270. The molecule has 0 aliphatic carbocycles. The molecule has 2 aromatic rings. The second-order valence-electron chi connectivity index (χ2n) is 4.29. The minimum atomic E-state index is -0.270. The Kier molecular flexibility index (Phi) is 5.31. The van der Waals surface area contributed by atoms with Crippen molar-refractivity contribution in [3.8, 4) is 0 Å². The van der Waals surface area contributed by atoms with Crippen molar-refractivity contribution in [3.05, 3.63) is 50.7 Å². The highest BCUT2D eigenvalue weighted by Crippen LogP contribution is 2.23. The Bertz CT molecular complexity index is 522. The van der Waals surface area contributed by atoms with Gasteiger partial charge in [-0.3, -0.25) is 0 Å². The van der Waals surface area contributed by atoms with Crippen LogP contribution < -0.4 is 5.32 Å². The van der Waals surface area contributed by atoms with E-state index in [-0.39, 0.29) is 5.82 Å². The lowest BCUT2D eigenvalue weighted by Gasteiger charge is -2.03. The van der Waals surface area contributed by atoms with Crippen LogP contribution in [-0.2, 0) is 13.0 Å². The van der Waals surface area contributed by atoms with Gasteiger partial charge in [0.05, 0.1) is 10.7 Å². The Labute approximate surface area is 121 Å². The third-order valence-electron chi connectivity index (χ3n) is 2.72. The van der Waals surface area contributed by atoms with E-state index in [2.05, 4.69) is 17.2 Å². The van der Waals surface area contributed by atoms with E-state index in [1.807, 2.05) is 5.38 Å². The number of hydrogen-bond donors (Lipinski definition) is 1. The molecule has 0 spiro atoms. The van der Waals surface area contributed by atoms with Crippen LogP contribution in [0.2, 0.25) is 5.02 Å². The Balaban J connectivity index is 2.03. The second kappa shape index (κ2) is 6.98. The summed E-state index contributed by atoms with van der Waals surface area (Å²) in [7, 11) is 0. The predicted octanol–water partition coefficient (Wildman–Crippen LogP) is 4.03. The van der Waals surface area contributed by atoms with Crippen molar-refractivity contribution in [2.75, 3.05) is 6.54 Å². The van der Waals surface area contributed by atoms with Gasteiger partial charge < -0.3 is 5.32 Å². The molecule has 0 amide bonds. The topological polar surface area (TPSA) is 24.9 Å². The smallest absolute Gasteiger partial charge is 0.128 e. The first-order chi connectivity index (χ1) is 9.20. The molecular weight excluding hydrogens is 283 g/mol. The van der Waals surface area contributed by atoms with Gasteiger partial charge >= 0.3 is 0 Å². The highest BCUT2D eigenvalue weighted by molar-refractivity contribution is 7.09. The number of rotatable bonds is 6. The summed E-state index contributed by atoms with van der Waals surface area (Å²) in [4.78, 5) is 4.49. The molecule has 102 valence electrons. The standard InChI is InChI=1S/C14H16ClFN2S/c1-2-6-17-8-10-9-19-14(18-10)7-11-12(15)4-3-5-13(11)16/h3-5,9,17H,2,6-8H2,1H3. The van der Waals surface area contributed by atoms with Gasteiger partial charge in [0, 0.05) is 28.9 Å². The zero-order valence-corrected chi connectivity index (χ0v) is 12.3. The number of nitrogens with one attached hydrogen (secondary N) is 1. The number of aromatic nitrogens is 1. The number of halogens is 2. The lowest BCUT2D eigenvalue weighted by molar-refractivity contribution is 0.613. The van der Waals surface area contributed by atoms with Gasteiger partial charge in [-0.15, -0.1) is 11.3 Å². The fraction of sp³-hybridized carbons (Fsp3) is 0.357. The molecule has 0 saturated carbocycles. The molecular formula is C14H16ClFN2S. The van der Waals surface area contributed by atoms with Crippen molar-refractivity contribution >= 4 is 22.9 Å². The first kappa shape index (κ1) is 14.4. The normalized spacial score (nSPS) is 10.9. The van der Waals surface area contributed by atoms with Crippen LogP contribution >= 0.6 is 22.9 Å². The van der Waals surface area contributed by atoms with Crippen molar-refractivity contribution in [1.82, 2.24) is 10.3 Å². The average molecular weight is 299 g/mol. The van der Waals surface area contributed by atoms with E-state index in [4.69, 9.17) is 11.6 Å². The summed E-state index contributed by atoms with van der Waals surface area (Å²) in [5.74, 6) is -0.270. The van der Waals surface area contributed by atoms with Crippen LogP contribution in [0.4, 0.5) is 4.39 Å². The van der Waals surface area contributed by atoms with E-state index in [1.165, 1.54) is 6.07 Å². The third kappa shape index (κ3) is 4.00. The monoisotopic (exact) mass is 298 g/mol. The van der Waals surface area contributed by atoms with E-state index in [9.17, 15) is 4.39 Å². The van der Waals surface area contributed by atoms with Crippen molar-refractivity contribution in [3.63, 3.8) is 0 Å². The Morgan fingerprint density at radius 1 is 1.42 bits per heavy atom. The molecule has 0 saturated heterocycles. The molecule has 1 aromatic heterocycles. The molecule has 2 nitrogen and oxygen atoms in total. The first-order valence-corrected chi connectivity index (χ1v) is 7.53. The molecule has 1 heterocycles. The van der Waals surface area contributed by atoms with Gasteiger partial charge in [-0.05, 0) is 25.1 Å². The molecule has 5 heteroatoms. The van der Waals surface area contributed by atoms with Gasteiger partial charge in [-0.25, -0.2) is 9.37 Å². The van der Waals surface area contributed by atoms with E-state index >= 15 is 0 Å². The van der Waals surface area contributed by atoms with Crippen molar-refractivity contribution in [2.24, 2.45) is 0 Å². The lowest BCUT2D eigenvalue weighted by Crippen LogP contribution is -2.13. The summed E-state index contributed by atoms with van der Waals surface area (Å²) < 4.78 is 13.7. The fourth-order valence-corrected chi connectivity index (χ4v) is 2.79. The van der Waals surface area contributed by atoms with Crippen LogP contribution in [0.3, 0.4) is 0 Å². The van der Waals surface area contributed by atoms with Gasteiger partial charge in [0.15, 0.2) is 0 Å². The maximum absolute atomic E-state index is 13.7. The van der Waals surface area contributed by atoms with Gasteiger partial charge in [-0.1, -0.05) is 24.6 Å². The number of benzene rings is 1. The molecule has 0 unspecified atom stereocenters. The van der Waals surface area contributed by atoms with Crippen LogP contribution in [0.5, 0.6) is 0 Å². The van der Waals surface area contributed by atoms with Crippen molar-refractivity contribution < 1.29 is 4.39 Å². The zero-order chi connectivity index (χ0) is 13.7. The average Bonchev–Trinajstić information content (AvgIpc) is 2.82. The van der Waals surface area contributed by atoms with Crippen molar-refractivity contribution in [1.29, 1.82) is 0 Å². The van der Waals surface area contributed by atoms with Gasteiger partial charge in [0.25, 0.3) is 0 Å². The number of hydrogen-bond acceptors (Lipinski definition) is 3. The highest BCUT2D eigenvalue weighted by Gasteiger charge is 2.10. The molecule has 2 rings (SSSR count). The van der Waals surface area contributed by atoms with Gasteiger partial charge in [-0.2, -0.15) is 0 Å². The first-order valence-electron chi connectivity index (χ1n) is 6.27. The van der Waals surface area contributed by atoms with E-state index < -0.39 is 0 Å². The quantitative estimate of drug-likeness (QED) is 0.815. The summed E-state index contributed by atoms with van der Waals surface area (Å²) in [5, 5.41) is 6.65. The molecule has 1 N–H and O–H groups in total. The minimum Gasteiger partial charge on any atom is -0.311 e. The Hall–Kier alpha value is -0.970. The molecule has 0 bridgehead atoms. The van der Waals surface area contributed by atoms with E-state index in [0.29, 0.717) is 17.0 Å². The van der Waals surface area contributed by atoms with Crippen LogP contribution in [0.15, 0.2) is 23.6 Å². The SMILES string of the molecule is CCCNCc1csc(Cc2c(F)cccc2Cl)n1. The summed E-state index contributed by atoms with van der Waals surface area (Å²) >= 11 is 7.56. The zero-order valence-electron chi connectivity index (χ0n) is 10.7. The number of nitrogens with zero attached hydrogens (tertiary/aromatic N) is 1. The summed E-state index contributed by atoms with van der Waals surface area (Å²) in [6.07, 6.45) is 1.55. The highest BCUT2D eigenvalue weighted by atomic mass is 35.5. The van der Waals surface area contributed by atoms with Crippen molar-refractivity contribution in [2.45, 2.75) is 26.3 Å². The third-order valence-corrected chi connectivity index (χ3v) is 3.97. The molecule has 0 atom stereocenters. The van der Waals surface area contributed by atoms with E-state index in [0.717, 1.165) is 30.2 Å². The predicted molar refractivity (Wildman–Crippen MR) is 78.3 cm³/mol. The number of thiazole rings is 1. The molecule has 1 aromatic carbocycles. The maximum Gasteiger partial charge on any atom is 0.128 e. The summed E-state index contributed by atoms with van der Waals surface area (Å²) in [6, 6.07) is 4.75. The molecule has 0 aliphatic heterocycles. The molecule has 0 aliphatic rings. The maximum atomic E-state index is 13.7. The van der Waals surface area contributed by atoms with Gasteiger partial charge in [0.1, 0.15) is 5.82 Å². The lowest BCUT2D eigenvalue weighted by atomic mass is 10.1. The second-order valence-corrected chi connectivity index (χ2v) is 5.64. The van der Waals surface area contributed by atoms with Crippen LogP contribution in [0.1, 0.15) is 29.6 Å². The van der Waals surface area contributed by atoms with Gasteiger partial charge in [0.2, 0.25) is 0 Å². The summed E-state index contributed by atoms with van der Waals surface area (Å²) in [6.45, 7) is 3.86. The largest absolute Gasteiger partial charge is 0.311 e.